The third-order valence-electron chi connectivity index (χ3n) is 5.58. The van der Waals surface area contributed by atoms with Gasteiger partial charge in [-0.25, -0.2) is 4.98 Å². The number of nitrogens with zero attached hydrogens (tertiary/aromatic N) is 3. The zero-order valence-corrected chi connectivity index (χ0v) is 17.4. The van der Waals surface area contributed by atoms with Gasteiger partial charge in [-0.2, -0.15) is 0 Å². The highest BCUT2D eigenvalue weighted by Gasteiger charge is 2.28. The zero-order valence-electron chi connectivity index (χ0n) is 16.6. The van der Waals surface area contributed by atoms with Crippen molar-refractivity contribution in [2.24, 2.45) is 0 Å². The molecule has 1 amide bonds. The molecule has 0 fully saturated rings. The fourth-order valence-corrected chi connectivity index (χ4v) is 5.05. The lowest BCUT2D eigenvalue weighted by molar-refractivity contribution is -0.134. The van der Waals surface area contributed by atoms with Gasteiger partial charge in [-0.05, 0) is 43.0 Å². The van der Waals surface area contributed by atoms with Crippen LogP contribution in [-0.4, -0.2) is 35.4 Å². The molecule has 1 aromatic heterocycles. The van der Waals surface area contributed by atoms with Crippen molar-refractivity contribution in [1.29, 1.82) is 0 Å². The molecule has 4 rings (SSSR count). The minimum Gasteiger partial charge on any atom is -0.372 e. The number of fused-ring (bicyclic) bond motifs is 2. The first-order chi connectivity index (χ1) is 13.7. The van der Waals surface area contributed by atoms with Crippen molar-refractivity contribution in [3.63, 3.8) is 0 Å². The summed E-state index contributed by atoms with van der Waals surface area (Å²) in [7, 11) is 2.13. The topological polar surface area (TPSA) is 36.4 Å². The van der Waals surface area contributed by atoms with Crippen LogP contribution >= 0.6 is 11.3 Å². The van der Waals surface area contributed by atoms with Gasteiger partial charge in [-0.1, -0.05) is 37.3 Å². The van der Waals surface area contributed by atoms with E-state index in [1.54, 1.807) is 11.3 Å². The van der Waals surface area contributed by atoms with Crippen LogP contribution in [0.5, 0.6) is 0 Å². The number of hydrogen-bond donors (Lipinski definition) is 0. The van der Waals surface area contributed by atoms with Crippen molar-refractivity contribution >= 4 is 33.1 Å². The standard InChI is InChI=1S/C23H27N3OS/c1-3-18-16-25(2)20-11-6-4-9-17(20)15-26(18)23(27)14-8-13-22-24-19-10-5-7-12-21(19)28-22/h4-7,9-12,18H,3,8,13-16H2,1-2H3/t18-/m1/s1. The molecule has 0 saturated heterocycles. The van der Waals surface area contributed by atoms with Gasteiger partial charge in [0.05, 0.1) is 15.2 Å². The Kier molecular flexibility index (Phi) is 5.62. The third-order valence-corrected chi connectivity index (χ3v) is 6.68. The van der Waals surface area contributed by atoms with E-state index in [4.69, 9.17) is 4.98 Å². The Bertz CT molecular complexity index is 934. The number of benzene rings is 2. The van der Waals surface area contributed by atoms with E-state index in [9.17, 15) is 4.79 Å². The third kappa shape index (κ3) is 3.90. The average molecular weight is 394 g/mol. The molecule has 0 bridgehead atoms. The van der Waals surface area contributed by atoms with Crippen molar-refractivity contribution in [3.05, 3.63) is 59.1 Å². The first kappa shape index (κ1) is 18.9. The highest BCUT2D eigenvalue weighted by Crippen LogP contribution is 2.28. The molecule has 0 aliphatic carbocycles. The van der Waals surface area contributed by atoms with Crippen LogP contribution in [-0.2, 0) is 17.8 Å². The van der Waals surface area contributed by atoms with E-state index < -0.39 is 0 Å². The smallest absolute Gasteiger partial charge is 0.223 e. The van der Waals surface area contributed by atoms with Crippen LogP contribution in [0.2, 0.25) is 0 Å². The molecular formula is C23H27N3OS. The van der Waals surface area contributed by atoms with Gasteiger partial charge < -0.3 is 9.80 Å². The lowest BCUT2D eigenvalue weighted by Gasteiger charge is -2.30. The molecule has 1 atom stereocenters. The van der Waals surface area contributed by atoms with Crippen molar-refractivity contribution in [2.75, 3.05) is 18.5 Å². The van der Waals surface area contributed by atoms with Crippen molar-refractivity contribution in [3.8, 4) is 0 Å². The number of carbonyl (C=O) groups excluding carboxylic acids is 1. The molecular weight excluding hydrogens is 366 g/mol. The van der Waals surface area contributed by atoms with Crippen molar-refractivity contribution in [2.45, 2.75) is 45.2 Å². The molecule has 4 nitrogen and oxygen atoms in total. The van der Waals surface area contributed by atoms with Gasteiger partial charge in [0.25, 0.3) is 0 Å². The summed E-state index contributed by atoms with van der Waals surface area (Å²) in [6, 6.07) is 16.9. The first-order valence-electron chi connectivity index (χ1n) is 10.1. The number of anilines is 1. The van der Waals surface area contributed by atoms with Gasteiger partial charge in [-0.3, -0.25) is 4.79 Å². The maximum atomic E-state index is 13.1. The molecule has 2 aromatic carbocycles. The summed E-state index contributed by atoms with van der Waals surface area (Å²) in [6.45, 7) is 3.77. The van der Waals surface area contributed by atoms with Gasteiger partial charge in [0.1, 0.15) is 0 Å². The monoisotopic (exact) mass is 393 g/mol. The molecule has 5 heteroatoms. The van der Waals surface area contributed by atoms with Gasteiger partial charge >= 0.3 is 0 Å². The Balaban J connectivity index is 1.42. The molecule has 0 N–H and O–H groups in total. The lowest BCUT2D eigenvalue weighted by Crippen LogP contribution is -2.43. The number of para-hydroxylation sites is 2. The number of likely N-dealkylation sites (N-methyl/N-ethyl adjacent to an activating group) is 1. The fraction of sp³-hybridized carbons (Fsp3) is 0.391. The van der Waals surface area contributed by atoms with E-state index in [2.05, 4.69) is 60.2 Å². The number of thiazole rings is 1. The van der Waals surface area contributed by atoms with E-state index in [1.165, 1.54) is 16.0 Å². The normalized spacial score (nSPS) is 16.9. The molecule has 1 aliphatic rings. The van der Waals surface area contributed by atoms with Crippen LogP contribution in [0, 0.1) is 0 Å². The maximum Gasteiger partial charge on any atom is 0.223 e. The summed E-state index contributed by atoms with van der Waals surface area (Å²) in [5, 5.41) is 1.13. The zero-order chi connectivity index (χ0) is 19.5. The second kappa shape index (κ2) is 8.31. The summed E-state index contributed by atoms with van der Waals surface area (Å²) < 4.78 is 1.22. The minimum atomic E-state index is 0.257. The van der Waals surface area contributed by atoms with Gasteiger partial charge in [0, 0.05) is 38.3 Å². The van der Waals surface area contributed by atoms with Crippen LogP contribution in [0.3, 0.4) is 0 Å². The minimum absolute atomic E-state index is 0.257. The second-order valence-corrected chi connectivity index (χ2v) is 8.64. The average Bonchev–Trinajstić information content (AvgIpc) is 3.06. The number of aromatic nitrogens is 1. The Hall–Kier alpha value is -2.40. The summed E-state index contributed by atoms with van der Waals surface area (Å²) >= 11 is 1.74. The lowest BCUT2D eigenvalue weighted by atomic mass is 10.1. The quantitative estimate of drug-likeness (QED) is 0.620. The van der Waals surface area contributed by atoms with E-state index >= 15 is 0 Å². The van der Waals surface area contributed by atoms with E-state index in [0.717, 1.165) is 36.3 Å². The Morgan fingerprint density at radius 1 is 1.18 bits per heavy atom. The van der Waals surface area contributed by atoms with Crippen molar-refractivity contribution in [1.82, 2.24) is 9.88 Å². The Morgan fingerprint density at radius 2 is 1.96 bits per heavy atom. The van der Waals surface area contributed by atoms with E-state index in [1.807, 2.05) is 12.1 Å². The van der Waals surface area contributed by atoms with Crippen LogP contribution in [0.25, 0.3) is 10.2 Å². The second-order valence-electron chi connectivity index (χ2n) is 7.52. The highest BCUT2D eigenvalue weighted by molar-refractivity contribution is 7.18. The molecule has 3 aromatic rings. The molecule has 0 spiro atoms. The highest BCUT2D eigenvalue weighted by atomic mass is 32.1. The molecule has 146 valence electrons. The Labute approximate surface area is 170 Å². The summed E-state index contributed by atoms with van der Waals surface area (Å²) in [5.41, 5.74) is 3.54. The summed E-state index contributed by atoms with van der Waals surface area (Å²) in [4.78, 5) is 22.2. The number of amides is 1. The van der Waals surface area contributed by atoms with Gasteiger partial charge in [0.2, 0.25) is 5.91 Å². The van der Waals surface area contributed by atoms with Crippen LogP contribution in [0.15, 0.2) is 48.5 Å². The number of hydrogen-bond acceptors (Lipinski definition) is 4. The maximum absolute atomic E-state index is 13.1. The first-order valence-corrected chi connectivity index (χ1v) is 10.9. The van der Waals surface area contributed by atoms with Crippen molar-refractivity contribution < 1.29 is 4.79 Å². The van der Waals surface area contributed by atoms with E-state index in [0.29, 0.717) is 13.0 Å². The molecule has 1 aliphatic heterocycles. The molecule has 2 heterocycles. The fourth-order valence-electron chi connectivity index (χ4n) is 4.05. The van der Waals surface area contributed by atoms with Crippen LogP contribution < -0.4 is 4.90 Å². The largest absolute Gasteiger partial charge is 0.372 e. The van der Waals surface area contributed by atoms with Gasteiger partial charge in [0.15, 0.2) is 0 Å². The van der Waals surface area contributed by atoms with Gasteiger partial charge in [-0.15, -0.1) is 11.3 Å². The molecule has 28 heavy (non-hydrogen) atoms. The number of rotatable bonds is 5. The number of carbonyl (C=O) groups is 1. The summed E-state index contributed by atoms with van der Waals surface area (Å²) in [5.74, 6) is 0.262. The summed E-state index contributed by atoms with van der Waals surface area (Å²) in [6.07, 6.45) is 3.27. The van der Waals surface area contributed by atoms with E-state index in [-0.39, 0.29) is 11.9 Å². The van der Waals surface area contributed by atoms with Crippen LogP contribution in [0.1, 0.15) is 36.8 Å². The molecule has 0 radical (unpaired) electrons. The molecule has 0 saturated carbocycles. The Morgan fingerprint density at radius 3 is 2.79 bits per heavy atom. The van der Waals surface area contributed by atoms with Crippen LogP contribution in [0.4, 0.5) is 5.69 Å². The predicted molar refractivity (Wildman–Crippen MR) is 117 cm³/mol. The molecule has 0 unspecified atom stereocenters. The number of aryl methyl sites for hydroxylation is 1. The predicted octanol–water partition coefficient (Wildman–Crippen LogP) is 4.88. The SMILES string of the molecule is CC[C@@H]1CN(C)c2ccccc2CN1C(=O)CCCc1nc2ccccc2s1.